The number of carbonyl (C=O) groups excluding carboxylic acids is 1. The van der Waals surface area contributed by atoms with Gasteiger partial charge < -0.3 is 23.5 Å². The Morgan fingerprint density at radius 3 is 2.51 bits per heavy atom. The molecule has 7 rings (SSSR count). The van der Waals surface area contributed by atoms with Crippen molar-refractivity contribution in [2.24, 2.45) is 0 Å². The van der Waals surface area contributed by atoms with Crippen LogP contribution in [-0.2, 0) is 11.3 Å². The van der Waals surface area contributed by atoms with Crippen LogP contribution in [0.5, 0.6) is 5.88 Å². The lowest BCUT2D eigenvalue weighted by atomic mass is 9.95. The van der Waals surface area contributed by atoms with Crippen LogP contribution in [0.15, 0.2) is 67.4 Å². The lowest BCUT2D eigenvalue weighted by Gasteiger charge is -2.35. The van der Waals surface area contributed by atoms with E-state index >= 15 is 0 Å². The molecule has 2 aromatic carbocycles. The molecule has 0 N–H and O–H groups in total. The van der Waals surface area contributed by atoms with E-state index in [9.17, 15) is 4.79 Å². The molecule has 0 unspecified atom stereocenters. The third kappa shape index (κ3) is 6.13. The average molecular weight is 607 g/mol. The molecule has 1 aliphatic carbocycles. The summed E-state index contributed by atoms with van der Waals surface area (Å²) in [4.78, 5) is 29.2. The van der Waals surface area contributed by atoms with Gasteiger partial charge in [-0.3, -0.25) is 0 Å². The van der Waals surface area contributed by atoms with Crippen LogP contribution in [0, 0.1) is 0 Å². The smallest absolute Gasteiger partial charge is 0.410 e. The van der Waals surface area contributed by atoms with Gasteiger partial charge in [-0.15, -0.1) is 0 Å². The molecular weight excluding hydrogens is 564 g/mol. The Bertz CT molecular complexity index is 1800. The molecule has 2 fully saturated rings. The van der Waals surface area contributed by atoms with E-state index in [0.717, 1.165) is 46.1 Å². The van der Waals surface area contributed by atoms with Gasteiger partial charge in [0.1, 0.15) is 29.6 Å². The van der Waals surface area contributed by atoms with Crippen molar-refractivity contribution in [1.29, 1.82) is 0 Å². The number of hydrogen-bond acceptors (Lipinski definition) is 6. The summed E-state index contributed by atoms with van der Waals surface area (Å²) in [5.74, 6) is 0.534. The summed E-state index contributed by atoms with van der Waals surface area (Å²) in [6.45, 7) is 7.32. The fourth-order valence-electron chi connectivity index (χ4n) is 6.91. The van der Waals surface area contributed by atoms with E-state index in [1.807, 2.05) is 62.3 Å². The van der Waals surface area contributed by atoms with Crippen LogP contribution in [0.4, 0.5) is 4.79 Å². The number of likely N-dealkylation sites (tertiary alicyclic amines) is 1. The molecule has 3 aromatic heterocycles. The number of nitrogens with zero attached hydrogens (tertiary/aromatic N) is 6. The van der Waals surface area contributed by atoms with Gasteiger partial charge in [0.05, 0.1) is 23.4 Å². The largest absolute Gasteiger partial charge is 0.471 e. The van der Waals surface area contributed by atoms with Crippen molar-refractivity contribution in [1.82, 2.24) is 29.0 Å². The summed E-state index contributed by atoms with van der Waals surface area (Å²) in [5, 5.41) is 0. The Balaban J connectivity index is 1.28. The summed E-state index contributed by atoms with van der Waals surface area (Å²) in [7, 11) is 0. The lowest BCUT2D eigenvalue weighted by Crippen LogP contribution is -2.43. The Hall–Kier alpha value is -4.40. The summed E-state index contributed by atoms with van der Waals surface area (Å²) < 4.78 is 16.7. The van der Waals surface area contributed by atoms with Gasteiger partial charge in [0, 0.05) is 30.9 Å². The van der Waals surface area contributed by atoms with Crippen molar-refractivity contribution >= 4 is 28.2 Å². The summed E-state index contributed by atoms with van der Waals surface area (Å²) in [6.07, 6.45) is 13.6. The third-order valence-corrected chi connectivity index (χ3v) is 9.08. The van der Waals surface area contributed by atoms with Gasteiger partial charge in [-0.05, 0) is 69.7 Å². The zero-order chi connectivity index (χ0) is 31.0. The number of imidazole rings is 1. The molecule has 0 spiro atoms. The maximum atomic E-state index is 13.1. The molecule has 1 atom stereocenters. The van der Waals surface area contributed by atoms with Gasteiger partial charge >= 0.3 is 6.09 Å². The van der Waals surface area contributed by atoms with Crippen molar-refractivity contribution in [3.05, 3.63) is 72.9 Å². The van der Waals surface area contributed by atoms with Crippen molar-refractivity contribution in [2.75, 3.05) is 13.1 Å². The molecule has 2 aliphatic rings. The molecule has 1 aliphatic heterocycles. The van der Waals surface area contributed by atoms with E-state index < -0.39 is 5.60 Å². The van der Waals surface area contributed by atoms with Crippen molar-refractivity contribution in [2.45, 2.75) is 90.0 Å². The van der Waals surface area contributed by atoms with Crippen LogP contribution in [0.25, 0.3) is 33.2 Å². The predicted molar refractivity (Wildman–Crippen MR) is 175 cm³/mol. The summed E-state index contributed by atoms with van der Waals surface area (Å²) in [6, 6.07) is 17.2. The van der Waals surface area contributed by atoms with E-state index in [-0.39, 0.29) is 12.1 Å². The normalized spacial score (nSPS) is 18.0. The molecule has 4 heterocycles. The molecule has 234 valence electrons. The highest BCUT2D eigenvalue weighted by atomic mass is 16.6. The van der Waals surface area contributed by atoms with Gasteiger partial charge in [-0.1, -0.05) is 55.7 Å². The van der Waals surface area contributed by atoms with Gasteiger partial charge in [-0.25, -0.2) is 14.8 Å². The maximum absolute atomic E-state index is 13.1. The van der Waals surface area contributed by atoms with Crippen LogP contribution >= 0.6 is 0 Å². The van der Waals surface area contributed by atoms with E-state index in [2.05, 4.69) is 38.5 Å². The fraction of sp³-hybridized carbons (Fsp3) is 0.444. The number of ether oxygens (including phenoxy) is 2. The first-order chi connectivity index (χ1) is 21.8. The van der Waals surface area contributed by atoms with Gasteiger partial charge in [0.15, 0.2) is 0 Å². The monoisotopic (exact) mass is 606 g/mol. The van der Waals surface area contributed by atoms with Crippen LogP contribution in [0.2, 0.25) is 0 Å². The zero-order valence-corrected chi connectivity index (χ0v) is 26.5. The number of rotatable bonds is 6. The van der Waals surface area contributed by atoms with Gasteiger partial charge in [-0.2, -0.15) is 4.98 Å². The van der Waals surface area contributed by atoms with E-state index in [4.69, 9.17) is 19.4 Å². The highest BCUT2D eigenvalue weighted by molar-refractivity contribution is 5.97. The minimum atomic E-state index is -0.549. The minimum Gasteiger partial charge on any atom is -0.471 e. The Labute approximate surface area is 264 Å². The first-order valence-electron chi connectivity index (χ1n) is 16.3. The Morgan fingerprint density at radius 1 is 0.911 bits per heavy atom. The first kappa shape index (κ1) is 29.3. The van der Waals surface area contributed by atoms with Crippen LogP contribution in [-0.4, -0.2) is 53.8 Å². The second-order valence-electron chi connectivity index (χ2n) is 13.5. The molecular formula is C36H42N6O3. The van der Waals surface area contributed by atoms with E-state index in [1.54, 1.807) is 6.33 Å². The third-order valence-electron chi connectivity index (χ3n) is 9.08. The van der Waals surface area contributed by atoms with E-state index in [0.29, 0.717) is 31.6 Å². The van der Waals surface area contributed by atoms with Gasteiger partial charge in [0.2, 0.25) is 5.88 Å². The number of amides is 1. The molecule has 45 heavy (non-hydrogen) atoms. The SMILES string of the molecule is CC(C)(C)OC(=O)N1CCC[C@H](n2cc(-c3ccc4c(c3)ncn4C3CCCCC3)c3ncnc(OCc4ccccc4)c32)C1. The minimum absolute atomic E-state index is 0.0156. The average Bonchev–Trinajstić information content (AvgIpc) is 3.66. The lowest BCUT2D eigenvalue weighted by molar-refractivity contribution is 0.0174. The number of aromatic nitrogens is 5. The Kier molecular flexibility index (Phi) is 7.94. The Morgan fingerprint density at radius 2 is 1.71 bits per heavy atom. The topological polar surface area (TPSA) is 87.3 Å². The molecule has 1 amide bonds. The fourth-order valence-corrected chi connectivity index (χ4v) is 6.91. The second kappa shape index (κ2) is 12.2. The molecule has 9 nitrogen and oxygen atoms in total. The highest BCUT2D eigenvalue weighted by Gasteiger charge is 2.31. The van der Waals surface area contributed by atoms with Crippen LogP contribution in [0.3, 0.4) is 0 Å². The van der Waals surface area contributed by atoms with Crippen molar-refractivity contribution in [3.63, 3.8) is 0 Å². The second-order valence-corrected chi connectivity index (χ2v) is 13.5. The first-order valence-corrected chi connectivity index (χ1v) is 16.3. The van der Waals surface area contributed by atoms with Crippen LogP contribution < -0.4 is 4.74 Å². The molecule has 0 radical (unpaired) electrons. The highest BCUT2D eigenvalue weighted by Crippen LogP contribution is 2.39. The summed E-state index contributed by atoms with van der Waals surface area (Å²) in [5.41, 5.74) is 6.40. The van der Waals surface area contributed by atoms with Crippen LogP contribution in [0.1, 0.15) is 83.4 Å². The molecule has 1 saturated carbocycles. The number of carbonyl (C=O) groups is 1. The van der Waals surface area contributed by atoms with E-state index in [1.165, 1.54) is 37.6 Å². The zero-order valence-electron chi connectivity index (χ0n) is 26.5. The summed E-state index contributed by atoms with van der Waals surface area (Å²) >= 11 is 0. The number of piperidine rings is 1. The predicted octanol–water partition coefficient (Wildman–Crippen LogP) is 8.10. The molecule has 1 saturated heterocycles. The van der Waals surface area contributed by atoms with Crippen molar-refractivity contribution < 1.29 is 14.3 Å². The van der Waals surface area contributed by atoms with Gasteiger partial charge in [0.25, 0.3) is 0 Å². The molecule has 0 bridgehead atoms. The number of benzene rings is 2. The molecule has 5 aromatic rings. The maximum Gasteiger partial charge on any atom is 0.410 e. The number of hydrogen-bond donors (Lipinski definition) is 0. The number of fused-ring (bicyclic) bond motifs is 2. The quantitative estimate of drug-likeness (QED) is 0.194. The van der Waals surface area contributed by atoms with Crippen molar-refractivity contribution in [3.8, 4) is 17.0 Å². The molecule has 9 heteroatoms. The standard InChI is InChI=1S/C36H42N6O3/c1-36(2,3)45-35(43)40-18-10-15-28(20-40)41-21-29(32-33(41)34(38-23-37-32)44-22-25-11-6-4-7-12-25)26-16-17-31-30(19-26)39-24-42(31)27-13-8-5-9-14-27/h4,6-7,11-12,16-17,19,21,23-24,27-28H,5,8-10,13-15,18,20,22H2,1-3H3/t28-/m0/s1.